The molecule has 0 radical (unpaired) electrons. The van der Waals surface area contributed by atoms with Crippen molar-refractivity contribution >= 4 is 39.2 Å². The van der Waals surface area contributed by atoms with E-state index in [0.717, 1.165) is 0 Å². The highest BCUT2D eigenvalue weighted by atomic mass is 35.5. The first kappa shape index (κ1) is 22.5. The van der Waals surface area contributed by atoms with Crippen molar-refractivity contribution in [2.75, 3.05) is 11.9 Å². The first-order valence-electron chi connectivity index (χ1n) is 9.20. The third-order valence-electron chi connectivity index (χ3n) is 4.15. The summed E-state index contributed by atoms with van der Waals surface area (Å²) in [7, 11) is -3.99. The van der Waals surface area contributed by atoms with Gasteiger partial charge in [0.25, 0.3) is 5.91 Å². The zero-order valence-corrected chi connectivity index (χ0v) is 18.0. The number of nitrogens with one attached hydrogen (secondary N) is 2. The van der Waals surface area contributed by atoms with Crippen LogP contribution in [0, 0.1) is 0 Å². The van der Waals surface area contributed by atoms with Gasteiger partial charge in [-0.1, -0.05) is 11.6 Å². The predicted molar refractivity (Wildman–Crippen MR) is 115 cm³/mol. The number of benzene rings is 2. The maximum Gasteiger partial charge on any atom is 0.338 e. The number of anilines is 1. The van der Waals surface area contributed by atoms with E-state index >= 15 is 0 Å². The molecule has 2 aromatic carbocycles. The molecule has 0 spiro atoms. The average molecular weight is 463 g/mol. The minimum atomic E-state index is -3.99. The normalized spacial score (nSPS) is 11.2. The number of hydrogen-bond donors (Lipinski definition) is 2. The fraction of sp³-hybridized carbons (Fsp3) is 0.143. The second-order valence-electron chi connectivity index (χ2n) is 6.30. The number of rotatable bonds is 8. The van der Waals surface area contributed by atoms with E-state index < -0.39 is 21.9 Å². The Morgan fingerprint density at radius 1 is 1.06 bits per heavy atom. The van der Waals surface area contributed by atoms with Crippen LogP contribution in [0.25, 0.3) is 0 Å². The standard InChI is InChI=1S/C21H19ClN2O6S/c1-2-29-21(26)14-5-8-16(9-6-14)24-20(25)15-7-10-18(22)19(12-15)31(27,28)23-13-17-4-3-11-30-17/h3-12,23H,2,13H2,1H3,(H,24,25). The lowest BCUT2D eigenvalue weighted by Crippen LogP contribution is -2.24. The number of carbonyl (C=O) groups is 2. The number of halogens is 1. The van der Waals surface area contributed by atoms with Gasteiger partial charge < -0.3 is 14.5 Å². The van der Waals surface area contributed by atoms with Gasteiger partial charge in [0, 0.05) is 11.3 Å². The van der Waals surface area contributed by atoms with Crippen molar-refractivity contribution < 1.29 is 27.2 Å². The van der Waals surface area contributed by atoms with Crippen LogP contribution in [0.5, 0.6) is 0 Å². The number of furan rings is 1. The first-order chi connectivity index (χ1) is 14.8. The largest absolute Gasteiger partial charge is 0.468 e. The number of sulfonamides is 1. The minimum Gasteiger partial charge on any atom is -0.468 e. The number of hydrogen-bond acceptors (Lipinski definition) is 6. The molecule has 10 heteroatoms. The van der Waals surface area contributed by atoms with Crippen molar-refractivity contribution in [3.63, 3.8) is 0 Å². The molecule has 2 N–H and O–H groups in total. The summed E-state index contributed by atoms with van der Waals surface area (Å²) in [6.45, 7) is 1.91. The molecule has 0 atom stereocenters. The van der Waals surface area contributed by atoms with Crippen molar-refractivity contribution in [2.24, 2.45) is 0 Å². The van der Waals surface area contributed by atoms with Gasteiger partial charge in [0.15, 0.2) is 0 Å². The third-order valence-corrected chi connectivity index (χ3v) is 6.04. The van der Waals surface area contributed by atoms with Gasteiger partial charge in [0.2, 0.25) is 10.0 Å². The Morgan fingerprint density at radius 2 is 1.77 bits per heavy atom. The van der Waals surface area contributed by atoms with Gasteiger partial charge in [0.1, 0.15) is 10.7 Å². The van der Waals surface area contributed by atoms with Gasteiger partial charge >= 0.3 is 5.97 Å². The summed E-state index contributed by atoms with van der Waals surface area (Å²) in [5.41, 5.74) is 0.868. The average Bonchev–Trinajstić information content (AvgIpc) is 3.27. The van der Waals surface area contributed by atoms with Crippen LogP contribution in [0.15, 0.2) is 70.2 Å². The molecule has 1 aromatic heterocycles. The lowest BCUT2D eigenvalue weighted by atomic mass is 10.2. The van der Waals surface area contributed by atoms with Gasteiger partial charge in [-0.3, -0.25) is 4.79 Å². The summed E-state index contributed by atoms with van der Waals surface area (Å²) < 4.78 is 37.6. The molecular weight excluding hydrogens is 444 g/mol. The van der Waals surface area contributed by atoms with Crippen molar-refractivity contribution in [1.82, 2.24) is 4.72 Å². The van der Waals surface area contributed by atoms with Crippen molar-refractivity contribution in [3.8, 4) is 0 Å². The lowest BCUT2D eigenvalue weighted by molar-refractivity contribution is 0.0526. The van der Waals surface area contributed by atoms with Crippen molar-refractivity contribution in [2.45, 2.75) is 18.4 Å². The van der Waals surface area contributed by atoms with Gasteiger partial charge in [-0.2, -0.15) is 0 Å². The molecule has 162 valence electrons. The second-order valence-corrected chi connectivity index (χ2v) is 8.44. The van der Waals surface area contributed by atoms with E-state index in [2.05, 4.69) is 10.0 Å². The molecule has 0 saturated carbocycles. The molecule has 0 unspecified atom stereocenters. The molecule has 0 bridgehead atoms. The predicted octanol–water partition coefficient (Wildman–Crippen LogP) is 3.84. The fourth-order valence-electron chi connectivity index (χ4n) is 2.61. The maximum atomic E-state index is 12.6. The van der Waals surface area contributed by atoms with Crippen LogP contribution in [0.2, 0.25) is 5.02 Å². The van der Waals surface area contributed by atoms with E-state index in [4.69, 9.17) is 20.8 Å². The van der Waals surface area contributed by atoms with E-state index in [1.165, 1.54) is 36.6 Å². The molecule has 0 aliphatic heterocycles. The molecule has 1 amide bonds. The zero-order chi connectivity index (χ0) is 22.4. The Bertz CT molecular complexity index is 1180. The quantitative estimate of drug-likeness (QED) is 0.491. The summed E-state index contributed by atoms with van der Waals surface area (Å²) in [6.07, 6.45) is 1.43. The van der Waals surface area contributed by atoms with Gasteiger partial charge in [-0.25, -0.2) is 17.9 Å². The third kappa shape index (κ3) is 5.72. The van der Waals surface area contributed by atoms with E-state index in [-0.39, 0.29) is 28.6 Å². The Hall–Kier alpha value is -3.14. The number of carbonyl (C=O) groups excluding carboxylic acids is 2. The monoisotopic (exact) mass is 462 g/mol. The topological polar surface area (TPSA) is 115 Å². The molecule has 1 heterocycles. The molecule has 31 heavy (non-hydrogen) atoms. The lowest BCUT2D eigenvalue weighted by Gasteiger charge is -2.10. The number of esters is 1. The molecule has 0 aliphatic carbocycles. The van der Waals surface area contributed by atoms with E-state index in [0.29, 0.717) is 17.0 Å². The van der Waals surface area contributed by atoms with Gasteiger partial charge in [0.05, 0.1) is 30.0 Å². The van der Waals surface area contributed by atoms with Crippen LogP contribution >= 0.6 is 11.6 Å². The highest BCUT2D eigenvalue weighted by Gasteiger charge is 2.20. The van der Waals surface area contributed by atoms with E-state index in [1.54, 1.807) is 31.2 Å². The van der Waals surface area contributed by atoms with Crippen LogP contribution in [0.1, 0.15) is 33.4 Å². The Balaban J connectivity index is 1.74. The van der Waals surface area contributed by atoms with Crippen LogP contribution in [-0.4, -0.2) is 26.9 Å². The van der Waals surface area contributed by atoms with E-state index in [9.17, 15) is 18.0 Å². The van der Waals surface area contributed by atoms with Crippen LogP contribution in [0.3, 0.4) is 0 Å². The molecule has 3 rings (SSSR count). The smallest absolute Gasteiger partial charge is 0.338 e. The minimum absolute atomic E-state index is 0.0257. The molecule has 3 aromatic rings. The van der Waals surface area contributed by atoms with Crippen LogP contribution in [-0.2, 0) is 21.3 Å². The summed E-state index contributed by atoms with van der Waals surface area (Å²) in [6, 6.07) is 13.3. The summed E-state index contributed by atoms with van der Waals surface area (Å²) >= 11 is 6.06. The number of amides is 1. The zero-order valence-electron chi connectivity index (χ0n) is 16.4. The van der Waals surface area contributed by atoms with Crippen molar-refractivity contribution in [1.29, 1.82) is 0 Å². The fourth-order valence-corrected chi connectivity index (χ4v) is 4.13. The first-order valence-corrected chi connectivity index (χ1v) is 11.1. The highest BCUT2D eigenvalue weighted by Crippen LogP contribution is 2.24. The SMILES string of the molecule is CCOC(=O)c1ccc(NC(=O)c2ccc(Cl)c(S(=O)(=O)NCc3ccco3)c2)cc1. The molecule has 0 saturated heterocycles. The second kappa shape index (κ2) is 9.78. The highest BCUT2D eigenvalue weighted by molar-refractivity contribution is 7.89. The molecule has 0 fully saturated rings. The Labute approximate surface area is 184 Å². The maximum absolute atomic E-state index is 12.6. The van der Waals surface area contributed by atoms with Crippen molar-refractivity contribution in [3.05, 3.63) is 82.8 Å². The van der Waals surface area contributed by atoms with Crippen LogP contribution in [0.4, 0.5) is 5.69 Å². The van der Waals surface area contributed by atoms with Crippen LogP contribution < -0.4 is 10.0 Å². The van der Waals surface area contributed by atoms with Gasteiger partial charge in [-0.15, -0.1) is 0 Å². The summed E-state index contributed by atoms with van der Waals surface area (Å²) in [5.74, 6) is -0.571. The molecule has 0 aliphatic rings. The molecular formula is C21H19ClN2O6S. The van der Waals surface area contributed by atoms with Gasteiger partial charge in [-0.05, 0) is 61.5 Å². The van der Waals surface area contributed by atoms with E-state index in [1.807, 2.05) is 0 Å². The summed E-state index contributed by atoms with van der Waals surface area (Å²) in [5, 5.41) is 2.62. The Morgan fingerprint density at radius 3 is 2.42 bits per heavy atom. The Kier molecular flexibility index (Phi) is 7.11. The number of ether oxygens (including phenoxy) is 1. The molecule has 8 nitrogen and oxygen atoms in total. The summed E-state index contributed by atoms with van der Waals surface area (Å²) in [4.78, 5) is 24.1.